The maximum absolute atomic E-state index is 11.4. The van der Waals surface area contributed by atoms with Crippen molar-refractivity contribution in [2.45, 2.75) is 0 Å². The minimum Gasteiger partial charge on any atom is -0.368 e. The molecule has 0 saturated carbocycles. The largest absolute Gasteiger partial charge is 0.368 e. The fourth-order valence-corrected chi connectivity index (χ4v) is 3.05. The third-order valence-electron chi connectivity index (χ3n) is 2.90. The third kappa shape index (κ3) is 2.91. The van der Waals surface area contributed by atoms with Gasteiger partial charge in [-0.1, -0.05) is 23.7 Å². The second kappa shape index (κ2) is 4.84. The molecule has 1 aromatic carbocycles. The molecule has 0 amide bonds. The van der Waals surface area contributed by atoms with Crippen LogP contribution in [0.5, 0.6) is 0 Å². The van der Waals surface area contributed by atoms with Gasteiger partial charge in [-0.15, -0.1) is 0 Å². The second-order valence-electron chi connectivity index (χ2n) is 4.10. The van der Waals surface area contributed by atoms with E-state index < -0.39 is 10.0 Å². The van der Waals surface area contributed by atoms with Gasteiger partial charge in [0.1, 0.15) is 0 Å². The molecule has 0 atom stereocenters. The minimum absolute atomic E-state index is 0.518. The van der Waals surface area contributed by atoms with Crippen molar-refractivity contribution >= 4 is 27.3 Å². The van der Waals surface area contributed by atoms with Crippen LogP contribution < -0.4 is 4.90 Å². The standard InChI is InChI=1S/C11H15ClN2O2S/c1-17(15,16)14-8-6-13(7-9-14)11-5-3-2-4-10(11)12/h2-5H,6-9H2,1H3. The van der Waals surface area contributed by atoms with E-state index in [1.165, 1.54) is 10.6 Å². The van der Waals surface area contributed by atoms with Crippen LogP contribution in [-0.2, 0) is 10.0 Å². The van der Waals surface area contributed by atoms with Crippen molar-refractivity contribution in [1.29, 1.82) is 0 Å². The van der Waals surface area contributed by atoms with Crippen LogP contribution in [0.25, 0.3) is 0 Å². The van der Waals surface area contributed by atoms with Crippen molar-refractivity contribution in [3.63, 3.8) is 0 Å². The van der Waals surface area contributed by atoms with Crippen LogP contribution in [0.15, 0.2) is 24.3 Å². The fraction of sp³-hybridized carbons (Fsp3) is 0.455. The highest BCUT2D eigenvalue weighted by atomic mass is 35.5. The fourth-order valence-electron chi connectivity index (χ4n) is 1.97. The van der Waals surface area contributed by atoms with Crippen LogP contribution in [0.3, 0.4) is 0 Å². The van der Waals surface area contributed by atoms with Crippen molar-refractivity contribution in [3.8, 4) is 0 Å². The Morgan fingerprint density at radius 2 is 1.71 bits per heavy atom. The topological polar surface area (TPSA) is 40.6 Å². The van der Waals surface area contributed by atoms with Crippen LogP contribution in [-0.4, -0.2) is 45.2 Å². The number of sulfonamides is 1. The molecule has 1 fully saturated rings. The summed E-state index contributed by atoms with van der Waals surface area (Å²) < 4.78 is 24.3. The molecule has 0 radical (unpaired) electrons. The lowest BCUT2D eigenvalue weighted by molar-refractivity contribution is 0.388. The van der Waals surface area contributed by atoms with Gasteiger partial charge in [-0.3, -0.25) is 0 Å². The summed E-state index contributed by atoms with van der Waals surface area (Å²) in [6, 6.07) is 7.63. The van der Waals surface area contributed by atoms with E-state index in [1.807, 2.05) is 24.3 Å². The maximum Gasteiger partial charge on any atom is 0.211 e. The van der Waals surface area contributed by atoms with Gasteiger partial charge in [0.05, 0.1) is 17.0 Å². The molecule has 17 heavy (non-hydrogen) atoms. The zero-order valence-electron chi connectivity index (χ0n) is 9.63. The van der Waals surface area contributed by atoms with Gasteiger partial charge in [-0.25, -0.2) is 8.42 Å². The van der Waals surface area contributed by atoms with Crippen molar-refractivity contribution in [2.24, 2.45) is 0 Å². The summed E-state index contributed by atoms with van der Waals surface area (Å²) in [5.41, 5.74) is 0.974. The Kier molecular flexibility index (Phi) is 3.61. The maximum atomic E-state index is 11.4. The number of nitrogens with zero attached hydrogens (tertiary/aromatic N) is 2. The van der Waals surface area contributed by atoms with Crippen LogP contribution in [0.4, 0.5) is 5.69 Å². The Morgan fingerprint density at radius 1 is 1.12 bits per heavy atom. The summed E-state index contributed by atoms with van der Waals surface area (Å²) >= 11 is 6.11. The molecule has 0 aromatic heterocycles. The molecule has 0 aliphatic carbocycles. The van der Waals surface area contributed by atoms with E-state index in [9.17, 15) is 8.42 Å². The summed E-state index contributed by atoms with van der Waals surface area (Å²) in [4.78, 5) is 2.12. The summed E-state index contributed by atoms with van der Waals surface area (Å²) in [6.45, 7) is 2.39. The molecular formula is C11H15ClN2O2S. The summed E-state index contributed by atoms with van der Waals surface area (Å²) in [6.07, 6.45) is 1.25. The van der Waals surface area contributed by atoms with E-state index in [0.29, 0.717) is 31.2 Å². The molecule has 0 unspecified atom stereocenters. The molecule has 2 rings (SSSR count). The van der Waals surface area contributed by atoms with Gasteiger partial charge in [-0.05, 0) is 12.1 Å². The summed E-state index contributed by atoms with van der Waals surface area (Å²) in [5.74, 6) is 0. The summed E-state index contributed by atoms with van der Waals surface area (Å²) in [7, 11) is -3.07. The SMILES string of the molecule is CS(=O)(=O)N1CCN(c2ccccc2Cl)CC1. The quantitative estimate of drug-likeness (QED) is 0.819. The number of hydrogen-bond donors (Lipinski definition) is 0. The van der Waals surface area contributed by atoms with Gasteiger partial charge in [0.2, 0.25) is 10.0 Å². The molecule has 4 nitrogen and oxygen atoms in total. The highest BCUT2D eigenvalue weighted by Gasteiger charge is 2.24. The van der Waals surface area contributed by atoms with Crippen molar-refractivity contribution in [1.82, 2.24) is 4.31 Å². The van der Waals surface area contributed by atoms with Gasteiger partial charge in [-0.2, -0.15) is 4.31 Å². The number of rotatable bonds is 2. The number of piperazine rings is 1. The van der Waals surface area contributed by atoms with Gasteiger partial charge in [0.15, 0.2) is 0 Å². The lowest BCUT2D eigenvalue weighted by Crippen LogP contribution is -2.48. The molecule has 94 valence electrons. The van der Waals surface area contributed by atoms with E-state index in [-0.39, 0.29) is 0 Å². The van der Waals surface area contributed by atoms with Crippen molar-refractivity contribution in [2.75, 3.05) is 37.3 Å². The first-order valence-electron chi connectivity index (χ1n) is 5.43. The molecule has 1 aliphatic heterocycles. The van der Waals surface area contributed by atoms with Crippen LogP contribution in [0.2, 0.25) is 5.02 Å². The molecule has 0 N–H and O–H groups in total. The second-order valence-corrected chi connectivity index (χ2v) is 6.49. The molecule has 1 aliphatic rings. The lowest BCUT2D eigenvalue weighted by atomic mass is 10.2. The van der Waals surface area contributed by atoms with E-state index in [2.05, 4.69) is 4.90 Å². The highest BCUT2D eigenvalue weighted by molar-refractivity contribution is 7.88. The molecule has 0 spiro atoms. The molecule has 1 aromatic rings. The number of halogens is 1. The van der Waals surface area contributed by atoms with Gasteiger partial charge < -0.3 is 4.90 Å². The number of hydrogen-bond acceptors (Lipinski definition) is 3. The predicted octanol–water partition coefficient (Wildman–Crippen LogP) is 1.42. The van der Waals surface area contributed by atoms with Crippen LogP contribution >= 0.6 is 11.6 Å². The molecule has 1 heterocycles. The van der Waals surface area contributed by atoms with E-state index in [1.54, 1.807) is 0 Å². The Bertz CT molecular complexity index is 496. The van der Waals surface area contributed by atoms with Crippen LogP contribution in [0.1, 0.15) is 0 Å². The van der Waals surface area contributed by atoms with E-state index in [4.69, 9.17) is 11.6 Å². The van der Waals surface area contributed by atoms with Gasteiger partial charge in [0.25, 0.3) is 0 Å². The normalized spacial score (nSPS) is 18.4. The highest BCUT2D eigenvalue weighted by Crippen LogP contribution is 2.26. The minimum atomic E-state index is -3.07. The third-order valence-corrected chi connectivity index (χ3v) is 4.52. The Balaban J connectivity index is 2.08. The lowest BCUT2D eigenvalue weighted by Gasteiger charge is -2.35. The average Bonchev–Trinajstić information content (AvgIpc) is 2.29. The van der Waals surface area contributed by atoms with Gasteiger partial charge >= 0.3 is 0 Å². The number of benzene rings is 1. The molecule has 1 saturated heterocycles. The molecular weight excluding hydrogens is 260 g/mol. The first-order valence-corrected chi connectivity index (χ1v) is 7.66. The zero-order valence-corrected chi connectivity index (χ0v) is 11.2. The molecule has 0 bridgehead atoms. The number of para-hydroxylation sites is 1. The smallest absolute Gasteiger partial charge is 0.211 e. The predicted molar refractivity (Wildman–Crippen MR) is 70.1 cm³/mol. The Labute approximate surface area is 107 Å². The zero-order chi connectivity index (χ0) is 12.5. The van der Waals surface area contributed by atoms with Crippen molar-refractivity contribution in [3.05, 3.63) is 29.3 Å². The van der Waals surface area contributed by atoms with E-state index in [0.717, 1.165) is 5.69 Å². The average molecular weight is 275 g/mol. The first kappa shape index (κ1) is 12.7. The monoisotopic (exact) mass is 274 g/mol. The number of anilines is 1. The van der Waals surface area contributed by atoms with Crippen molar-refractivity contribution < 1.29 is 8.42 Å². The summed E-state index contributed by atoms with van der Waals surface area (Å²) in [5, 5.41) is 0.709. The van der Waals surface area contributed by atoms with Crippen LogP contribution in [0, 0.1) is 0 Å². The van der Waals surface area contributed by atoms with Gasteiger partial charge in [0, 0.05) is 26.2 Å². The first-order chi connectivity index (χ1) is 7.98. The Hall–Kier alpha value is -0.780. The molecule has 6 heteroatoms. The van der Waals surface area contributed by atoms with E-state index >= 15 is 0 Å². The Morgan fingerprint density at radius 3 is 2.24 bits per heavy atom.